The number of halogens is 1. The molecular weight excluding hydrogens is 389 g/mol. The molecule has 0 unspecified atom stereocenters. The second-order valence-electron chi connectivity index (χ2n) is 6.10. The van der Waals surface area contributed by atoms with Gasteiger partial charge >= 0.3 is 0 Å². The minimum Gasteiger partial charge on any atom is -0.350 e. The summed E-state index contributed by atoms with van der Waals surface area (Å²) in [5.74, 6) is -0.973. The minimum absolute atomic E-state index is 0.0282. The molecule has 0 aromatic heterocycles. The van der Waals surface area contributed by atoms with Crippen LogP contribution in [0.2, 0.25) is 0 Å². The van der Waals surface area contributed by atoms with E-state index >= 15 is 0 Å². The van der Waals surface area contributed by atoms with E-state index in [0.29, 0.717) is 5.56 Å². The summed E-state index contributed by atoms with van der Waals surface area (Å²) in [5, 5.41) is 13.6. The van der Waals surface area contributed by atoms with Gasteiger partial charge in [-0.05, 0) is 30.2 Å². The monoisotopic (exact) mass is 409 g/mol. The lowest BCUT2D eigenvalue weighted by Gasteiger charge is -2.30. The molecule has 0 aliphatic carbocycles. The highest BCUT2D eigenvalue weighted by molar-refractivity contribution is 7.92. The summed E-state index contributed by atoms with van der Waals surface area (Å²) in [6.45, 7) is 1.72. The van der Waals surface area contributed by atoms with Crippen LogP contribution in [0.4, 0.5) is 15.8 Å². The van der Waals surface area contributed by atoms with Crippen molar-refractivity contribution in [1.29, 1.82) is 0 Å². The van der Waals surface area contributed by atoms with Crippen molar-refractivity contribution >= 4 is 27.3 Å². The van der Waals surface area contributed by atoms with Crippen LogP contribution in [0.25, 0.3) is 0 Å². The van der Waals surface area contributed by atoms with Gasteiger partial charge in [-0.3, -0.25) is 19.2 Å². The number of anilines is 1. The van der Waals surface area contributed by atoms with Crippen LogP contribution in [0.1, 0.15) is 18.9 Å². The third-order valence-electron chi connectivity index (χ3n) is 4.00. The standard InChI is InChI=1S/C18H20FN3O5S/c1-3-17(18(23)20-12-13-7-9-14(19)10-8-13)21(28(2,26)27)15-5-4-6-16(11-15)22(24)25/h4-11,17H,3,12H2,1-2H3,(H,20,23)/t17-/m0/s1. The number of carbonyl (C=O) groups excluding carboxylic acids is 1. The van der Waals surface area contributed by atoms with Gasteiger partial charge in [-0.2, -0.15) is 0 Å². The Morgan fingerprint density at radius 1 is 1.25 bits per heavy atom. The van der Waals surface area contributed by atoms with Gasteiger partial charge in [0.2, 0.25) is 15.9 Å². The zero-order valence-electron chi connectivity index (χ0n) is 15.3. The number of sulfonamides is 1. The molecule has 0 saturated heterocycles. The van der Waals surface area contributed by atoms with Gasteiger partial charge in [-0.25, -0.2) is 12.8 Å². The number of amides is 1. The zero-order chi connectivity index (χ0) is 20.9. The number of nitro groups is 1. The highest BCUT2D eigenvalue weighted by Gasteiger charge is 2.32. The van der Waals surface area contributed by atoms with Crippen molar-refractivity contribution < 1.29 is 22.5 Å². The summed E-state index contributed by atoms with van der Waals surface area (Å²) >= 11 is 0. The first kappa shape index (κ1) is 21.3. The van der Waals surface area contributed by atoms with Crippen molar-refractivity contribution in [1.82, 2.24) is 5.32 Å². The normalized spacial score (nSPS) is 12.2. The molecule has 2 aromatic carbocycles. The summed E-state index contributed by atoms with van der Waals surface area (Å²) < 4.78 is 38.6. The Labute approximate surface area is 162 Å². The van der Waals surface area contributed by atoms with Crippen molar-refractivity contribution in [3.8, 4) is 0 Å². The molecular formula is C18H20FN3O5S. The number of nitrogens with zero attached hydrogens (tertiary/aromatic N) is 2. The smallest absolute Gasteiger partial charge is 0.271 e. The van der Waals surface area contributed by atoms with E-state index in [-0.39, 0.29) is 24.3 Å². The van der Waals surface area contributed by atoms with Crippen molar-refractivity contribution in [2.45, 2.75) is 25.9 Å². The highest BCUT2D eigenvalue weighted by atomic mass is 32.2. The van der Waals surface area contributed by atoms with Crippen LogP contribution in [0, 0.1) is 15.9 Å². The fourth-order valence-electron chi connectivity index (χ4n) is 2.71. The largest absolute Gasteiger partial charge is 0.350 e. The number of nitro benzene ring substituents is 1. The summed E-state index contributed by atoms with van der Waals surface area (Å²) in [6, 6.07) is 9.51. The van der Waals surface area contributed by atoms with Crippen molar-refractivity contribution in [2.24, 2.45) is 0 Å². The van der Waals surface area contributed by atoms with E-state index in [1.165, 1.54) is 42.5 Å². The predicted molar refractivity (Wildman–Crippen MR) is 103 cm³/mol. The van der Waals surface area contributed by atoms with Gasteiger partial charge in [-0.1, -0.05) is 25.1 Å². The number of carbonyl (C=O) groups is 1. The van der Waals surface area contributed by atoms with Gasteiger partial charge in [0.25, 0.3) is 5.69 Å². The molecule has 1 N–H and O–H groups in total. The van der Waals surface area contributed by atoms with Crippen LogP contribution < -0.4 is 9.62 Å². The molecule has 0 aliphatic heterocycles. The molecule has 0 spiro atoms. The molecule has 1 amide bonds. The van der Waals surface area contributed by atoms with Crippen LogP contribution in [0.3, 0.4) is 0 Å². The van der Waals surface area contributed by atoms with Crippen molar-refractivity contribution in [3.63, 3.8) is 0 Å². The molecule has 10 heteroatoms. The fourth-order valence-corrected chi connectivity index (χ4v) is 3.92. The number of hydrogen-bond acceptors (Lipinski definition) is 5. The van der Waals surface area contributed by atoms with Crippen LogP contribution in [-0.2, 0) is 21.4 Å². The second-order valence-corrected chi connectivity index (χ2v) is 7.96. The summed E-state index contributed by atoms with van der Waals surface area (Å²) in [5.41, 5.74) is 0.388. The Morgan fingerprint density at radius 3 is 2.43 bits per heavy atom. The zero-order valence-corrected chi connectivity index (χ0v) is 16.1. The molecule has 0 saturated carbocycles. The Kier molecular flexibility index (Phi) is 6.68. The Balaban J connectivity index is 2.29. The van der Waals surface area contributed by atoms with E-state index in [1.54, 1.807) is 6.92 Å². The maximum absolute atomic E-state index is 13.0. The van der Waals surface area contributed by atoms with E-state index in [9.17, 15) is 27.7 Å². The van der Waals surface area contributed by atoms with Gasteiger partial charge in [0.1, 0.15) is 11.9 Å². The summed E-state index contributed by atoms with van der Waals surface area (Å²) in [7, 11) is -3.91. The molecule has 8 nitrogen and oxygen atoms in total. The Hall–Kier alpha value is -3.01. The van der Waals surface area contributed by atoms with E-state index < -0.39 is 32.7 Å². The average molecular weight is 409 g/mol. The van der Waals surface area contributed by atoms with E-state index in [4.69, 9.17) is 0 Å². The molecule has 28 heavy (non-hydrogen) atoms. The molecule has 2 aromatic rings. The van der Waals surface area contributed by atoms with Gasteiger partial charge in [0.15, 0.2) is 0 Å². The van der Waals surface area contributed by atoms with E-state index in [0.717, 1.165) is 16.6 Å². The SMILES string of the molecule is CC[C@@H](C(=O)NCc1ccc(F)cc1)N(c1cccc([N+](=O)[O-])c1)S(C)(=O)=O. The van der Waals surface area contributed by atoms with Crippen LogP contribution >= 0.6 is 0 Å². The molecule has 150 valence electrons. The van der Waals surface area contributed by atoms with E-state index in [1.807, 2.05) is 0 Å². The van der Waals surface area contributed by atoms with Gasteiger partial charge in [-0.15, -0.1) is 0 Å². The number of nitrogens with one attached hydrogen (secondary N) is 1. The Morgan fingerprint density at radius 2 is 1.89 bits per heavy atom. The van der Waals surface area contributed by atoms with Crippen molar-refractivity contribution in [3.05, 3.63) is 70.0 Å². The molecule has 0 heterocycles. The molecule has 0 bridgehead atoms. The third kappa shape index (κ3) is 5.26. The highest BCUT2D eigenvalue weighted by Crippen LogP contribution is 2.26. The average Bonchev–Trinajstić information content (AvgIpc) is 2.64. The number of hydrogen-bond donors (Lipinski definition) is 1. The van der Waals surface area contributed by atoms with Crippen molar-refractivity contribution in [2.75, 3.05) is 10.6 Å². The first-order valence-electron chi connectivity index (χ1n) is 8.39. The van der Waals surface area contributed by atoms with Gasteiger partial charge in [0, 0.05) is 18.7 Å². The fraction of sp³-hybridized carbons (Fsp3) is 0.278. The van der Waals surface area contributed by atoms with Gasteiger partial charge in [0.05, 0.1) is 16.9 Å². The molecule has 0 radical (unpaired) electrons. The number of non-ortho nitro benzene ring substituents is 1. The lowest BCUT2D eigenvalue weighted by atomic mass is 10.1. The molecule has 0 aliphatic rings. The molecule has 1 atom stereocenters. The van der Waals surface area contributed by atoms with Crippen LogP contribution in [-0.4, -0.2) is 31.5 Å². The lowest BCUT2D eigenvalue weighted by Crippen LogP contribution is -2.49. The van der Waals surface area contributed by atoms with Crippen LogP contribution in [0.15, 0.2) is 48.5 Å². The topological polar surface area (TPSA) is 110 Å². The summed E-state index contributed by atoms with van der Waals surface area (Å²) in [6.07, 6.45) is 1.08. The van der Waals surface area contributed by atoms with E-state index in [2.05, 4.69) is 5.32 Å². The minimum atomic E-state index is -3.91. The molecule has 0 fully saturated rings. The molecule has 2 rings (SSSR count). The van der Waals surface area contributed by atoms with Crippen LogP contribution in [0.5, 0.6) is 0 Å². The van der Waals surface area contributed by atoms with Gasteiger partial charge < -0.3 is 5.32 Å². The first-order valence-corrected chi connectivity index (χ1v) is 10.2. The number of rotatable bonds is 8. The number of benzene rings is 2. The maximum Gasteiger partial charge on any atom is 0.271 e. The third-order valence-corrected chi connectivity index (χ3v) is 5.18. The first-order chi connectivity index (χ1) is 13.1. The Bertz CT molecular complexity index is 963. The maximum atomic E-state index is 13.0. The quantitative estimate of drug-likeness (QED) is 0.532. The predicted octanol–water partition coefficient (Wildman–Crippen LogP) is 2.59. The second kappa shape index (κ2) is 8.79. The summed E-state index contributed by atoms with van der Waals surface area (Å²) in [4.78, 5) is 23.0. The lowest BCUT2D eigenvalue weighted by molar-refractivity contribution is -0.384.